The standard InChI is InChI=1S/2C22H16Br2/c2*23-13-17-11-9-15-5-1-3-7-19(15)21(17)22-18(14-24)12-10-16-6-2-4-8-20(16)22/h2*1-12H,13-14H2. The first kappa shape index (κ1) is 33.2. The van der Waals surface area contributed by atoms with Crippen molar-refractivity contribution in [3.05, 3.63) is 168 Å². The molecule has 0 radical (unpaired) electrons. The summed E-state index contributed by atoms with van der Waals surface area (Å²) in [6, 6.07) is 52.5. The van der Waals surface area contributed by atoms with Gasteiger partial charge in [-0.15, -0.1) is 0 Å². The molecule has 8 rings (SSSR count). The van der Waals surface area contributed by atoms with Crippen LogP contribution in [0.5, 0.6) is 0 Å². The number of hydrogen-bond donors (Lipinski definition) is 0. The maximum absolute atomic E-state index is 3.69. The molecule has 0 heterocycles. The van der Waals surface area contributed by atoms with Crippen LogP contribution in [0.4, 0.5) is 0 Å². The van der Waals surface area contributed by atoms with Gasteiger partial charge in [-0.05, 0) is 87.6 Å². The van der Waals surface area contributed by atoms with E-state index in [1.165, 1.54) is 87.6 Å². The van der Waals surface area contributed by atoms with Gasteiger partial charge in [0.15, 0.2) is 0 Å². The second-order valence-electron chi connectivity index (χ2n) is 11.8. The van der Waals surface area contributed by atoms with Crippen LogP contribution < -0.4 is 0 Å². The fourth-order valence-corrected chi connectivity index (χ4v) is 8.76. The van der Waals surface area contributed by atoms with Gasteiger partial charge in [-0.2, -0.15) is 0 Å². The highest BCUT2D eigenvalue weighted by Gasteiger charge is 2.17. The minimum atomic E-state index is 0.845. The lowest BCUT2D eigenvalue weighted by Gasteiger charge is -2.17. The average molecular weight is 880 g/mol. The predicted molar refractivity (Wildman–Crippen MR) is 224 cm³/mol. The van der Waals surface area contributed by atoms with Gasteiger partial charge in [0.25, 0.3) is 0 Å². The molecule has 0 saturated heterocycles. The molecule has 0 atom stereocenters. The molecule has 0 saturated carbocycles. The van der Waals surface area contributed by atoms with Gasteiger partial charge in [0.1, 0.15) is 0 Å². The summed E-state index contributed by atoms with van der Waals surface area (Å²) in [4.78, 5) is 0. The lowest BCUT2D eigenvalue weighted by Crippen LogP contribution is -1.94. The molecule has 0 fully saturated rings. The summed E-state index contributed by atoms with van der Waals surface area (Å²) < 4.78 is 0. The Morgan fingerprint density at radius 1 is 0.250 bits per heavy atom. The van der Waals surface area contributed by atoms with Crippen molar-refractivity contribution in [1.29, 1.82) is 0 Å². The van der Waals surface area contributed by atoms with E-state index in [0.717, 1.165) is 21.3 Å². The fourth-order valence-electron chi connectivity index (χ4n) is 6.89. The van der Waals surface area contributed by atoms with E-state index in [1.807, 2.05) is 0 Å². The molecular weight excluding hydrogens is 848 g/mol. The molecule has 0 spiro atoms. The molecule has 0 aliphatic carbocycles. The number of benzene rings is 8. The molecule has 0 aromatic heterocycles. The summed E-state index contributed by atoms with van der Waals surface area (Å²) in [6.45, 7) is 0. The first-order valence-corrected chi connectivity index (χ1v) is 20.4. The molecule has 0 nitrogen and oxygen atoms in total. The van der Waals surface area contributed by atoms with Crippen molar-refractivity contribution in [3.63, 3.8) is 0 Å². The zero-order valence-electron chi connectivity index (χ0n) is 26.2. The Morgan fingerprint density at radius 3 is 0.667 bits per heavy atom. The van der Waals surface area contributed by atoms with Gasteiger partial charge in [-0.3, -0.25) is 0 Å². The molecule has 236 valence electrons. The number of hydrogen-bond acceptors (Lipinski definition) is 0. The summed E-state index contributed by atoms with van der Waals surface area (Å²) in [5, 5.41) is 13.8. The maximum Gasteiger partial charge on any atom is 0.0289 e. The Balaban J connectivity index is 0.000000152. The van der Waals surface area contributed by atoms with E-state index in [1.54, 1.807) is 0 Å². The third-order valence-electron chi connectivity index (χ3n) is 9.14. The topological polar surface area (TPSA) is 0 Å². The van der Waals surface area contributed by atoms with Crippen molar-refractivity contribution in [3.8, 4) is 22.3 Å². The second-order valence-corrected chi connectivity index (χ2v) is 14.1. The predicted octanol–water partition coefficient (Wildman–Crippen LogP) is 14.9. The minimum Gasteiger partial charge on any atom is -0.0876 e. The zero-order chi connectivity index (χ0) is 33.0. The molecule has 0 unspecified atom stereocenters. The number of fused-ring (bicyclic) bond motifs is 4. The van der Waals surface area contributed by atoms with Crippen LogP contribution in [0.1, 0.15) is 22.3 Å². The monoisotopic (exact) mass is 876 g/mol. The summed E-state index contributed by atoms with van der Waals surface area (Å²) in [7, 11) is 0. The normalized spacial score (nSPS) is 11.2. The molecule has 0 N–H and O–H groups in total. The molecule has 0 bridgehead atoms. The smallest absolute Gasteiger partial charge is 0.0289 e. The van der Waals surface area contributed by atoms with Crippen LogP contribution >= 0.6 is 63.7 Å². The van der Waals surface area contributed by atoms with E-state index in [4.69, 9.17) is 0 Å². The number of rotatable bonds is 6. The molecule has 8 aromatic carbocycles. The number of alkyl halides is 4. The largest absolute Gasteiger partial charge is 0.0876 e. The molecule has 0 aliphatic rings. The third kappa shape index (κ3) is 6.29. The lowest BCUT2D eigenvalue weighted by atomic mass is 9.88. The van der Waals surface area contributed by atoms with Crippen LogP contribution in [0.2, 0.25) is 0 Å². The van der Waals surface area contributed by atoms with Gasteiger partial charge in [0.05, 0.1) is 0 Å². The van der Waals surface area contributed by atoms with Gasteiger partial charge < -0.3 is 0 Å². The van der Waals surface area contributed by atoms with Crippen molar-refractivity contribution >= 4 is 107 Å². The van der Waals surface area contributed by atoms with E-state index < -0.39 is 0 Å². The third-order valence-corrected chi connectivity index (χ3v) is 11.6. The van der Waals surface area contributed by atoms with Crippen molar-refractivity contribution in [2.75, 3.05) is 0 Å². The molecule has 8 aromatic rings. The van der Waals surface area contributed by atoms with Crippen LogP contribution in [0.25, 0.3) is 65.3 Å². The summed E-state index contributed by atoms with van der Waals surface area (Å²) in [5.74, 6) is 0. The van der Waals surface area contributed by atoms with Crippen LogP contribution in [-0.4, -0.2) is 0 Å². The van der Waals surface area contributed by atoms with Gasteiger partial charge >= 0.3 is 0 Å². The van der Waals surface area contributed by atoms with Crippen LogP contribution in [-0.2, 0) is 21.3 Å². The van der Waals surface area contributed by atoms with Crippen molar-refractivity contribution < 1.29 is 0 Å². The van der Waals surface area contributed by atoms with Crippen LogP contribution in [0, 0.1) is 0 Å². The number of halogens is 4. The molecule has 48 heavy (non-hydrogen) atoms. The Labute approximate surface area is 315 Å². The maximum atomic E-state index is 3.69. The average Bonchev–Trinajstić information content (AvgIpc) is 3.16. The van der Waals surface area contributed by atoms with Gasteiger partial charge in [-0.25, -0.2) is 0 Å². The first-order valence-electron chi connectivity index (χ1n) is 15.9. The Morgan fingerprint density at radius 2 is 0.458 bits per heavy atom. The van der Waals surface area contributed by atoms with E-state index in [2.05, 4.69) is 209 Å². The summed E-state index contributed by atoms with van der Waals surface area (Å²) >= 11 is 14.8. The zero-order valence-corrected chi connectivity index (χ0v) is 32.5. The Bertz CT molecular complexity index is 2070. The highest BCUT2D eigenvalue weighted by molar-refractivity contribution is 9.09. The van der Waals surface area contributed by atoms with Crippen molar-refractivity contribution in [2.45, 2.75) is 21.3 Å². The summed E-state index contributed by atoms with van der Waals surface area (Å²) in [6.07, 6.45) is 0. The highest BCUT2D eigenvalue weighted by Crippen LogP contribution is 2.42. The van der Waals surface area contributed by atoms with Gasteiger partial charge in [0.2, 0.25) is 0 Å². The van der Waals surface area contributed by atoms with E-state index in [9.17, 15) is 0 Å². The fraction of sp³-hybridized carbons (Fsp3) is 0.0909. The van der Waals surface area contributed by atoms with E-state index in [0.29, 0.717) is 0 Å². The van der Waals surface area contributed by atoms with Crippen molar-refractivity contribution in [1.82, 2.24) is 0 Å². The first-order chi connectivity index (χ1) is 23.7. The Kier molecular flexibility index (Phi) is 10.4. The molecular formula is C44H32Br4. The highest BCUT2D eigenvalue weighted by atomic mass is 79.9. The van der Waals surface area contributed by atoms with Gasteiger partial charge in [-0.1, -0.05) is 209 Å². The van der Waals surface area contributed by atoms with E-state index >= 15 is 0 Å². The SMILES string of the molecule is BrCc1ccc2ccccc2c1-c1c(CBr)ccc2ccccc12.BrCc1ccc2ccccc2c1-c1c(CBr)ccc2ccccc12. The summed E-state index contributed by atoms with van der Waals surface area (Å²) in [5.41, 5.74) is 10.7. The minimum absolute atomic E-state index is 0.845. The molecule has 0 amide bonds. The molecule has 0 aliphatic heterocycles. The quantitative estimate of drug-likeness (QED) is 0.146. The lowest BCUT2D eigenvalue weighted by molar-refractivity contribution is 1.41. The van der Waals surface area contributed by atoms with Crippen LogP contribution in [0.15, 0.2) is 146 Å². The van der Waals surface area contributed by atoms with Crippen LogP contribution in [0.3, 0.4) is 0 Å². The van der Waals surface area contributed by atoms with E-state index in [-0.39, 0.29) is 0 Å². The van der Waals surface area contributed by atoms with Crippen molar-refractivity contribution in [2.24, 2.45) is 0 Å². The molecule has 4 heteroatoms. The second kappa shape index (κ2) is 15.1. The van der Waals surface area contributed by atoms with Gasteiger partial charge in [0, 0.05) is 21.3 Å². The Hall–Kier alpha value is -3.28.